The van der Waals surface area contributed by atoms with Gasteiger partial charge in [-0.25, -0.2) is 0 Å². The van der Waals surface area contributed by atoms with E-state index < -0.39 is 0 Å². The lowest BCUT2D eigenvalue weighted by molar-refractivity contribution is -0.118. The van der Waals surface area contributed by atoms with Gasteiger partial charge in [0.15, 0.2) is 5.16 Å². The van der Waals surface area contributed by atoms with Crippen molar-refractivity contribution in [3.8, 4) is 5.69 Å². The molecule has 0 saturated carbocycles. The van der Waals surface area contributed by atoms with Crippen LogP contribution in [0.3, 0.4) is 0 Å². The Morgan fingerprint density at radius 3 is 2.38 bits per heavy atom. The molecule has 1 N–H and O–H groups in total. The van der Waals surface area contributed by atoms with E-state index in [0.717, 1.165) is 17.8 Å². The maximum absolute atomic E-state index is 12.4. The van der Waals surface area contributed by atoms with Crippen molar-refractivity contribution in [2.24, 2.45) is 0 Å². The van der Waals surface area contributed by atoms with Gasteiger partial charge in [0.2, 0.25) is 5.91 Å². The predicted octanol–water partition coefficient (Wildman–Crippen LogP) is 4.36. The van der Waals surface area contributed by atoms with Gasteiger partial charge < -0.3 is 5.32 Å². The largest absolute Gasteiger partial charge is 0.351 e. The molecule has 4 rings (SSSR count). The van der Waals surface area contributed by atoms with E-state index >= 15 is 0 Å². The number of rotatable bonds is 8. The zero-order valence-corrected chi connectivity index (χ0v) is 19.5. The Bertz CT molecular complexity index is 992. The summed E-state index contributed by atoms with van der Waals surface area (Å²) in [6.07, 6.45) is 7.01. The number of nitrogens with zero attached hydrogens (tertiary/aromatic N) is 4. The first-order valence-corrected chi connectivity index (χ1v) is 12.3. The second kappa shape index (κ2) is 11.3. The van der Waals surface area contributed by atoms with Gasteiger partial charge in [-0.1, -0.05) is 66.6 Å². The predicted molar refractivity (Wildman–Crippen MR) is 129 cm³/mol. The van der Waals surface area contributed by atoms with Crippen LogP contribution in [-0.4, -0.2) is 44.4 Å². The maximum atomic E-state index is 12.4. The van der Waals surface area contributed by atoms with E-state index in [0.29, 0.717) is 17.5 Å². The third kappa shape index (κ3) is 6.43. The highest BCUT2D eigenvalue weighted by Crippen LogP contribution is 2.20. The minimum Gasteiger partial charge on any atom is -0.351 e. The second-order valence-electron chi connectivity index (χ2n) is 8.39. The molecule has 32 heavy (non-hydrogen) atoms. The Kier molecular flexibility index (Phi) is 7.96. The number of thioether (sulfide) groups is 1. The van der Waals surface area contributed by atoms with Gasteiger partial charge in [0.25, 0.3) is 0 Å². The smallest absolute Gasteiger partial charge is 0.230 e. The van der Waals surface area contributed by atoms with E-state index in [1.165, 1.54) is 61.7 Å². The number of nitrogens with one attached hydrogen (secondary N) is 1. The molecule has 1 saturated heterocycles. The Hall–Kier alpha value is -2.64. The molecule has 0 atom stereocenters. The summed E-state index contributed by atoms with van der Waals surface area (Å²) in [7, 11) is 0. The van der Waals surface area contributed by atoms with Gasteiger partial charge in [-0.2, -0.15) is 0 Å². The molecule has 7 heteroatoms. The lowest BCUT2D eigenvalue weighted by atomic mass is 10.1. The van der Waals surface area contributed by atoms with Crippen LogP contribution in [0.4, 0.5) is 0 Å². The third-order valence-corrected chi connectivity index (χ3v) is 6.72. The van der Waals surface area contributed by atoms with Crippen LogP contribution in [0.15, 0.2) is 60.0 Å². The summed E-state index contributed by atoms with van der Waals surface area (Å²) in [6.45, 7) is 6.01. The van der Waals surface area contributed by atoms with E-state index in [9.17, 15) is 4.79 Å². The number of carbonyl (C=O) groups is 1. The van der Waals surface area contributed by atoms with Crippen molar-refractivity contribution in [1.82, 2.24) is 25.0 Å². The second-order valence-corrected chi connectivity index (χ2v) is 9.33. The van der Waals surface area contributed by atoms with E-state index in [1.54, 1.807) is 6.33 Å². The standard InChI is InChI=1S/C25H31N5OS/c1-20-6-12-23(13-7-20)30-19-27-28-25(30)32-18-24(31)26-16-21-8-10-22(11-9-21)17-29-14-4-2-3-5-15-29/h6-13,19H,2-5,14-18H2,1H3,(H,26,31). The zero-order chi connectivity index (χ0) is 22.2. The zero-order valence-electron chi connectivity index (χ0n) is 18.7. The maximum Gasteiger partial charge on any atom is 0.230 e. The molecule has 0 unspecified atom stereocenters. The van der Waals surface area contributed by atoms with Crippen molar-refractivity contribution in [2.75, 3.05) is 18.8 Å². The van der Waals surface area contributed by atoms with Crippen LogP contribution in [0.1, 0.15) is 42.4 Å². The Labute approximate surface area is 194 Å². The summed E-state index contributed by atoms with van der Waals surface area (Å²) in [5.74, 6) is 0.291. The van der Waals surface area contributed by atoms with Gasteiger partial charge in [-0.05, 0) is 56.1 Å². The monoisotopic (exact) mass is 449 g/mol. The van der Waals surface area contributed by atoms with Crippen molar-refractivity contribution in [3.05, 3.63) is 71.5 Å². The summed E-state index contributed by atoms with van der Waals surface area (Å²) >= 11 is 1.39. The fraction of sp³-hybridized carbons (Fsp3) is 0.400. The Morgan fingerprint density at radius 1 is 0.969 bits per heavy atom. The van der Waals surface area contributed by atoms with Crippen LogP contribution in [0.2, 0.25) is 0 Å². The van der Waals surface area contributed by atoms with Crippen LogP contribution in [0.25, 0.3) is 5.69 Å². The molecule has 1 aliphatic rings. The molecule has 6 nitrogen and oxygen atoms in total. The fourth-order valence-electron chi connectivity index (χ4n) is 3.90. The third-order valence-electron chi connectivity index (χ3n) is 5.78. The van der Waals surface area contributed by atoms with E-state index in [1.807, 2.05) is 16.7 Å². The first-order valence-electron chi connectivity index (χ1n) is 11.3. The average Bonchev–Trinajstić information content (AvgIpc) is 3.13. The molecule has 1 aromatic heterocycles. The van der Waals surface area contributed by atoms with Crippen LogP contribution < -0.4 is 5.32 Å². The SMILES string of the molecule is Cc1ccc(-n2cnnc2SCC(=O)NCc2ccc(CN3CCCCCC3)cc2)cc1. The highest BCUT2D eigenvalue weighted by Gasteiger charge is 2.11. The number of amides is 1. The highest BCUT2D eigenvalue weighted by atomic mass is 32.2. The van der Waals surface area contributed by atoms with Gasteiger partial charge in [0.05, 0.1) is 5.75 Å². The Morgan fingerprint density at radius 2 is 1.66 bits per heavy atom. The first kappa shape index (κ1) is 22.6. The molecular formula is C25H31N5OS. The summed E-state index contributed by atoms with van der Waals surface area (Å²) in [6, 6.07) is 16.8. The molecule has 1 amide bonds. The van der Waals surface area contributed by atoms with E-state index in [2.05, 4.69) is 63.7 Å². The molecule has 0 bridgehead atoms. The van der Waals surface area contributed by atoms with Gasteiger partial charge in [0.1, 0.15) is 6.33 Å². The van der Waals surface area contributed by atoms with Crippen LogP contribution in [0, 0.1) is 6.92 Å². The summed E-state index contributed by atoms with van der Waals surface area (Å²) in [5, 5.41) is 11.9. The van der Waals surface area contributed by atoms with Gasteiger partial charge >= 0.3 is 0 Å². The summed E-state index contributed by atoms with van der Waals surface area (Å²) in [4.78, 5) is 14.9. The van der Waals surface area contributed by atoms with Crippen molar-refractivity contribution in [2.45, 2.75) is 50.9 Å². The minimum absolute atomic E-state index is 0.0119. The van der Waals surface area contributed by atoms with Crippen LogP contribution in [0.5, 0.6) is 0 Å². The number of aryl methyl sites for hydroxylation is 1. The first-order chi connectivity index (χ1) is 15.7. The average molecular weight is 450 g/mol. The van der Waals surface area contributed by atoms with Crippen molar-refractivity contribution < 1.29 is 4.79 Å². The molecule has 2 aromatic carbocycles. The number of likely N-dealkylation sites (tertiary alicyclic amines) is 1. The van der Waals surface area contributed by atoms with E-state index in [4.69, 9.17) is 0 Å². The molecule has 1 fully saturated rings. The van der Waals surface area contributed by atoms with E-state index in [-0.39, 0.29) is 5.91 Å². The molecular weight excluding hydrogens is 418 g/mol. The molecule has 3 aromatic rings. The van der Waals surface area contributed by atoms with Gasteiger partial charge in [-0.3, -0.25) is 14.3 Å². The van der Waals surface area contributed by atoms with Crippen molar-refractivity contribution >= 4 is 17.7 Å². The molecule has 1 aliphatic heterocycles. The number of hydrogen-bond acceptors (Lipinski definition) is 5. The Balaban J connectivity index is 1.23. The van der Waals surface area contributed by atoms with Gasteiger partial charge in [0, 0.05) is 18.8 Å². The lowest BCUT2D eigenvalue weighted by Crippen LogP contribution is -2.25. The number of aromatic nitrogens is 3. The molecule has 168 valence electrons. The number of benzene rings is 2. The fourth-order valence-corrected chi connectivity index (χ4v) is 4.66. The quantitative estimate of drug-likeness (QED) is 0.518. The van der Waals surface area contributed by atoms with Crippen LogP contribution >= 0.6 is 11.8 Å². The minimum atomic E-state index is -0.0119. The number of carbonyl (C=O) groups excluding carboxylic acids is 1. The lowest BCUT2D eigenvalue weighted by Gasteiger charge is -2.19. The molecule has 0 radical (unpaired) electrons. The highest BCUT2D eigenvalue weighted by molar-refractivity contribution is 7.99. The number of hydrogen-bond donors (Lipinski definition) is 1. The summed E-state index contributed by atoms with van der Waals surface area (Å²) in [5.41, 5.74) is 4.65. The van der Waals surface area contributed by atoms with Gasteiger partial charge in [-0.15, -0.1) is 10.2 Å². The molecule has 0 spiro atoms. The van der Waals surface area contributed by atoms with Crippen molar-refractivity contribution in [3.63, 3.8) is 0 Å². The topological polar surface area (TPSA) is 63.1 Å². The molecule has 0 aliphatic carbocycles. The normalized spacial score (nSPS) is 14.8. The van der Waals surface area contributed by atoms with Crippen LogP contribution in [-0.2, 0) is 17.9 Å². The molecule has 2 heterocycles. The summed E-state index contributed by atoms with van der Waals surface area (Å²) < 4.78 is 1.90. The van der Waals surface area contributed by atoms with Crippen molar-refractivity contribution in [1.29, 1.82) is 0 Å².